The Kier molecular flexibility index (Phi) is 7.04. The van der Waals surface area contributed by atoms with Gasteiger partial charge in [-0.2, -0.15) is 0 Å². The van der Waals surface area contributed by atoms with Crippen LogP contribution in [-0.2, 0) is 9.47 Å². The molecule has 1 fully saturated rings. The van der Waals surface area contributed by atoms with E-state index < -0.39 is 6.10 Å². The SMILES string of the molecule is CCOCCOCC(O)CNCC1(C)CCC1. The fourth-order valence-electron chi connectivity index (χ4n) is 2.04. The summed E-state index contributed by atoms with van der Waals surface area (Å²) in [4.78, 5) is 0. The van der Waals surface area contributed by atoms with Crippen molar-refractivity contribution in [1.29, 1.82) is 0 Å². The fourth-order valence-corrected chi connectivity index (χ4v) is 2.04. The number of rotatable bonds is 10. The standard InChI is InChI=1S/C13H27NO3/c1-3-16-7-8-17-10-12(15)9-14-11-13(2)5-4-6-13/h12,14-15H,3-11H2,1-2H3. The van der Waals surface area contributed by atoms with Crippen molar-refractivity contribution in [1.82, 2.24) is 5.32 Å². The Morgan fingerprint density at radius 1 is 1.29 bits per heavy atom. The van der Waals surface area contributed by atoms with Crippen molar-refractivity contribution in [2.24, 2.45) is 5.41 Å². The van der Waals surface area contributed by atoms with Gasteiger partial charge in [0.25, 0.3) is 0 Å². The lowest BCUT2D eigenvalue weighted by molar-refractivity contribution is 0.00507. The molecular formula is C13H27NO3. The van der Waals surface area contributed by atoms with Crippen molar-refractivity contribution in [3.8, 4) is 0 Å². The molecule has 1 saturated carbocycles. The second kappa shape index (κ2) is 8.03. The lowest BCUT2D eigenvalue weighted by atomic mass is 9.70. The van der Waals surface area contributed by atoms with Crippen LogP contribution in [-0.4, -0.2) is 50.7 Å². The summed E-state index contributed by atoms with van der Waals surface area (Å²) in [5, 5.41) is 13.0. The van der Waals surface area contributed by atoms with Gasteiger partial charge in [0.1, 0.15) is 0 Å². The minimum Gasteiger partial charge on any atom is -0.389 e. The van der Waals surface area contributed by atoms with E-state index in [1.165, 1.54) is 19.3 Å². The molecule has 0 aromatic carbocycles. The maximum atomic E-state index is 9.66. The summed E-state index contributed by atoms with van der Waals surface area (Å²) in [5.41, 5.74) is 0.468. The molecule has 0 saturated heterocycles. The van der Waals surface area contributed by atoms with Gasteiger partial charge in [-0.1, -0.05) is 13.3 Å². The van der Waals surface area contributed by atoms with E-state index >= 15 is 0 Å². The first-order valence-corrected chi connectivity index (χ1v) is 6.70. The van der Waals surface area contributed by atoms with E-state index in [4.69, 9.17) is 9.47 Å². The largest absolute Gasteiger partial charge is 0.389 e. The third-order valence-electron chi connectivity index (χ3n) is 3.38. The Hall–Kier alpha value is -0.160. The molecule has 0 bridgehead atoms. The van der Waals surface area contributed by atoms with Gasteiger partial charge in [-0.3, -0.25) is 0 Å². The highest BCUT2D eigenvalue weighted by atomic mass is 16.5. The van der Waals surface area contributed by atoms with Crippen molar-refractivity contribution < 1.29 is 14.6 Å². The average Bonchev–Trinajstić information content (AvgIpc) is 2.26. The zero-order chi connectivity index (χ0) is 12.6. The van der Waals surface area contributed by atoms with Crippen molar-refractivity contribution in [2.75, 3.05) is 39.5 Å². The fraction of sp³-hybridized carbons (Fsp3) is 1.00. The molecule has 4 nitrogen and oxygen atoms in total. The van der Waals surface area contributed by atoms with Gasteiger partial charge in [0.2, 0.25) is 0 Å². The Labute approximate surface area is 105 Å². The van der Waals surface area contributed by atoms with Gasteiger partial charge in [-0.25, -0.2) is 0 Å². The molecule has 1 unspecified atom stereocenters. The normalized spacial score (nSPS) is 19.9. The van der Waals surface area contributed by atoms with Gasteiger partial charge >= 0.3 is 0 Å². The molecule has 17 heavy (non-hydrogen) atoms. The number of aliphatic hydroxyl groups excluding tert-OH is 1. The quantitative estimate of drug-likeness (QED) is 0.568. The Balaban J connectivity index is 1.88. The van der Waals surface area contributed by atoms with Gasteiger partial charge in [0.15, 0.2) is 0 Å². The van der Waals surface area contributed by atoms with Crippen molar-refractivity contribution in [3.63, 3.8) is 0 Å². The molecule has 0 aromatic heterocycles. The molecule has 0 spiro atoms. The molecule has 0 amide bonds. The summed E-state index contributed by atoms with van der Waals surface area (Å²) in [6, 6.07) is 0. The van der Waals surface area contributed by atoms with Gasteiger partial charge in [0.05, 0.1) is 25.9 Å². The first-order valence-electron chi connectivity index (χ1n) is 6.70. The van der Waals surface area contributed by atoms with E-state index in [0.717, 1.165) is 6.54 Å². The molecule has 0 heterocycles. The molecular weight excluding hydrogens is 218 g/mol. The molecule has 2 N–H and O–H groups in total. The summed E-state index contributed by atoms with van der Waals surface area (Å²) in [6.45, 7) is 8.14. The minimum atomic E-state index is -0.416. The molecule has 1 aliphatic carbocycles. The molecule has 4 heteroatoms. The second-order valence-electron chi connectivity index (χ2n) is 5.22. The third kappa shape index (κ3) is 6.36. The highest BCUT2D eigenvalue weighted by Crippen LogP contribution is 2.39. The van der Waals surface area contributed by atoms with Crippen LogP contribution >= 0.6 is 0 Å². The van der Waals surface area contributed by atoms with Crippen molar-refractivity contribution in [3.05, 3.63) is 0 Å². The molecule has 1 aliphatic rings. The number of ether oxygens (including phenoxy) is 2. The van der Waals surface area contributed by atoms with Crippen LogP contribution in [0.4, 0.5) is 0 Å². The Morgan fingerprint density at radius 2 is 2.00 bits per heavy atom. The number of hydrogen-bond donors (Lipinski definition) is 2. The number of aliphatic hydroxyl groups is 1. The van der Waals surface area contributed by atoms with E-state index in [9.17, 15) is 5.11 Å². The van der Waals surface area contributed by atoms with E-state index in [2.05, 4.69) is 12.2 Å². The molecule has 0 radical (unpaired) electrons. The van der Waals surface area contributed by atoms with Crippen LogP contribution in [0, 0.1) is 5.41 Å². The molecule has 0 aromatic rings. The molecule has 1 rings (SSSR count). The first-order chi connectivity index (χ1) is 8.16. The van der Waals surface area contributed by atoms with Crippen LogP contribution in [0.2, 0.25) is 0 Å². The summed E-state index contributed by atoms with van der Waals surface area (Å²) < 4.78 is 10.4. The Morgan fingerprint density at radius 3 is 2.59 bits per heavy atom. The van der Waals surface area contributed by atoms with Crippen LogP contribution in [0.1, 0.15) is 33.1 Å². The highest BCUT2D eigenvalue weighted by molar-refractivity contribution is 4.85. The van der Waals surface area contributed by atoms with Crippen LogP contribution in [0.3, 0.4) is 0 Å². The summed E-state index contributed by atoms with van der Waals surface area (Å²) >= 11 is 0. The molecule has 1 atom stereocenters. The van der Waals surface area contributed by atoms with E-state index in [1.807, 2.05) is 6.92 Å². The van der Waals surface area contributed by atoms with Crippen LogP contribution in [0.25, 0.3) is 0 Å². The number of nitrogens with one attached hydrogen (secondary N) is 1. The smallest absolute Gasteiger partial charge is 0.0897 e. The zero-order valence-electron chi connectivity index (χ0n) is 11.2. The van der Waals surface area contributed by atoms with E-state index in [1.54, 1.807) is 0 Å². The predicted molar refractivity (Wildman–Crippen MR) is 68.1 cm³/mol. The van der Waals surface area contributed by atoms with Gasteiger partial charge in [-0.05, 0) is 25.2 Å². The first kappa shape index (κ1) is 14.9. The topological polar surface area (TPSA) is 50.7 Å². The zero-order valence-corrected chi connectivity index (χ0v) is 11.2. The third-order valence-corrected chi connectivity index (χ3v) is 3.38. The maximum absolute atomic E-state index is 9.66. The Bertz CT molecular complexity index is 195. The van der Waals surface area contributed by atoms with Gasteiger partial charge < -0.3 is 19.9 Å². The van der Waals surface area contributed by atoms with Crippen LogP contribution < -0.4 is 5.32 Å². The van der Waals surface area contributed by atoms with E-state index in [-0.39, 0.29) is 0 Å². The van der Waals surface area contributed by atoms with Gasteiger partial charge in [-0.15, -0.1) is 0 Å². The average molecular weight is 245 g/mol. The monoisotopic (exact) mass is 245 g/mol. The van der Waals surface area contributed by atoms with E-state index in [0.29, 0.717) is 38.4 Å². The summed E-state index contributed by atoms with van der Waals surface area (Å²) in [5.74, 6) is 0. The molecule has 0 aliphatic heterocycles. The van der Waals surface area contributed by atoms with Crippen LogP contribution in [0.15, 0.2) is 0 Å². The van der Waals surface area contributed by atoms with Gasteiger partial charge in [0, 0.05) is 19.7 Å². The maximum Gasteiger partial charge on any atom is 0.0897 e. The van der Waals surface area contributed by atoms with Crippen molar-refractivity contribution in [2.45, 2.75) is 39.2 Å². The molecule has 102 valence electrons. The lowest BCUT2D eigenvalue weighted by Gasteiger charge is -2.38. The number of hydrogen-bond acceptors (Lipinski definition) is 4. The van der Waals surface area contributed by atoms with Crippen LogP contribution in [0.5, 0.6) is 0 Å². The lowest BCUT2D eigenvalue weighted by Crippen LogP contribution is -2.41. The minimum absolute atomic E-state index is 0.386. The predicted octanol–water partition coefficient (Wildman–Crippen LogP) is 1.18. The summed E-state index contributed by atoms with van der Waals surface area (Å²) in [7, 11) is 0. The second-order valence-corrected chi connectivity index (χ2v) is 5.22. The summed E-state index contributed by atoms with van der Waals surface area (Å²) in [6.07, 6.45) is 3.55. The highest BCUT2D eigenvalue weighted by Gasteiger charge is 2.31. The van der Waals surface area contributed by atoms with Crippen molar-refractivity contribution >= 4 is 0 Å².